The van der Waals surface area contributed by atoms with Crippen molar-refractivity contribution in [3.63, 3.8) is 0 Å². The third-order valence-electron chi connectivity index (χ3n) is 5.77. The van der Waals surface area contributed by atoms with Crippen molar-refractivity contribution in [2.24, 2.45) is 0 Å². The van der Waals surface area contributed by atoms with Gasteiger partial charge in [0.1, 0.15) is 24.3 Å². The number of para-hydroxylation sites is 2. The minimum absolute atomic E-state index is 0. The average molecular weight is 558 g/mol. The molecule has 3 rings (SSSR count). The Morgan fingerprint density at radius 1 is 0.865 bits per heavy atom. The summed E-state index contributed by atoms with van der Waals surface area (Å²) in [6, 6.07) is 19.8. The van der Waals surface area contributed by atoms with Crippen LogP contribution in [0.1, 0.15) is 31.0 Å². The van der Waals surface area contributed by atoms with Crippen LogP contribution in [0, 0.1) is 11.6 Å². The van der Waals surface area contributed by atoms with Crippen molar-refractivity contribution < 1.29 is 23.4 Å². The molecule has 3 aromatic carbocycles. The number of hydrogen-bond donors (Lipinski definition) is 2. The van der Waals surface area contributed by atoms with Crippen molar-refractivity contribution in [3.8, 4) is 11.5 Å². The summed E-state index contributed by atoms with van der Waals surface area (Å²) in [6.45, 7) is 5.14. The highest BCUT2D eigenvalue weighted by Crippen LogP contribution is 2.29. The SMILES string of the molecule is COc1ccccc1OCC(O)CNC(C)(C)CN(C)C(c1ccc(F)cc1)c1ccc(F)cc1.Cl.Cl. The molecule has 0 amide bonds. The molecule has 0 heterocycles. The Kier molecular flexibility index (Phi) is 13.3. The summed E-state index contributed by atoms with van der Waals surface area (Å²) in [5, 5.41) is 13.9. The molecular weight excluding hydrogens is 521 g/mol. The van der Waals surface area contributed by atoms with E-state index < -0.39 is 6.10 Å². The van der Waals surface area contributed by atoms with Crippen molar-refractivity contribution in [2.45, 2.75) is 31.5 Å². The van der Waals surface area contributed by atoms with E-state index in [4.69, 9.17) is 9.47 Å². The fraction of sp³-hybridized carbons (Fsp3) is 0.357. The third kappa shape index (κ3) is 9.76. The number of benzene rings is 3. The Morgan fingerprint density at radius 3 is 1.84 bits per heavy atom. The molecule has 0 saturated heterocycles. The molecule has 0 spiro atoms. The van der Waals surface area contributed by atoms with Gasteiger partial charge in [-0.3, -0.25) is 4.90 Å². The smallest absolute Gasteiger partial charge is 0.161 e. The van der Waals surface area contributed by atoms with E-state index in [0.717, 1.165) is 11.1 Å². The fourth-order valence-corrected chi connectivity index (χ4v) is 4.14. The second-order valence-electron chi connectivity index (χ2n) is 9.30. The first-order chi connectivity index (χ1) is 16.7. The van der Waals surface area contributed by atoms with Crippen molar-refractivity contribution in [3.05, 3.63) is 95.6 Å². The molecule has 5 nitrogen and oxygen atoms in total. The number of likely N-dealkylation sites (N-methyl/N-ethyl adjacent to an activating group) is 1. The number of β-amino-alcohol motifs (C(OH)–C–C–N with tert-alkyl or cyclic N) is 1. The lowest BCUT2D eigenvalue weighted by molar-refractivity contribution is 0.0922. The van der Waals surface area contributed by atoms with E-state index in [9.17, 15) is 13.9 Å². The number of nitrogens with one attached hydrogen (secondary N) is 1. The summed E-state index contributed by atoms with van der Waals surface area (Å²) in [6.07, 6.45) is -0.727. The number of methoxy groups -OCH3 is 1. The van der Waals surface area contributed by atoms with Gasteiger partial charge in [-0.1, -0.05) is 36.4 Å². The van der Waals surface area contributed by atoms with Crippen LogP contribution in [0.15, 0.2) is 72.8 Å². The summed E-state index contributed by atoms with van der Waals surface area (Å²) >= 11 is 0. The van der Waals surface area contributed by atoms with Gasteiger partial charge in [0.15, 0.2) is 11.5 Å². The summed E-state index contributed by atoms with van der Waals surface area (Å²) in [4.78, 5) is 2.13. The Morgan fingerprint density at radius 2 is 1.35 bits per heavy atom. The molecule has 0 aliphatic carbocycles. The number of aliphatic hydroxyl groups is 1. The zero-order valence-corrected chi connectivity index (χ0v) is 23.1. The second-order valence-corrected chi connectivity index (χ2v) is 9.30. The van der Waals surface area contributed by atoms with Crippen molar-refractivity contribution in [1.82, 2.24) is 10.2 Å². The van der Waals surface area contributed by atoms with Gasteiger partial charge in [-0.15, -0.1) is 24.8 Å². The highest BCUT2D eigenvalue weighted by molar-refractivity contribution is 5.85. The Labute approximate surface area is 230 Å². The van der Waals surface area contributed by atoms with Crippen LogP contribution in [0.2, 0.25) is 0 Å². The maximum atomic E-state index is 13.6. The van der Waals surface area contributed by atoms with Crippen molar-refractivity contribution >= 4 is 24.8 Å². The highest BCUT2D eigenvalue weighted by atomic mass is 35.5. The molecule has 0 aromatic heterocycles. The van der Waals surface area contributed by atoms with E-state index in [1.807, 2.05) is 33.0 Å². The molecule has 9 heteroatoms. The molecule has 0 bridgehead atoms. The first-order valence-corrected chi connectivity index (χ1v) is 11.6. The van der Waals surface area contributed by atoms with E-state index >= 15 is 0 Å². The summed E-state index contributed by atoms with van der Waals surface area (Å²) in [5.41, 5.74) is 1.43. The van der Waals surface area contributed by atoms with Crippen molar-refractivity contribution in [1.29, 1.82) is 0 Å². The van der Waals surface area contributed by atoms with E-state index in [-0.39, 0.29) is 54.6 Å². The van der Waals surface area contributed by atoms with Crippen LogP contribution in [-0.4, -0.2) is 55.5 Å². The van der Waals surface area contributed by atoms with Crippen LogP contribution in [0.25, 0.3) is 0 Å². The number of ether oxygens (including phenoxy) is 2. The summed E-state index contributed by atoms with van der Waals surface area (Å²) in [7, 11) is 3.55. The molecular formula is C28H36Cl2F2N2O3. The zero-order chi connectivity index (χ0) is 25.4. The van der Waals surface area contributed by atoms with E-state index in [1.165, 1.54) is 24.3 Å². The topological polar surface area (TPSA) is 54.0 Å². The maximum Gasteiger partial charge on any atom is 0.161 e. The molecule has 37 heavy (non-hydrogen) atoms. The van der Waals surface area contributed by atoms with Gasteiger partial charge in [0.2, 0.25) is 0 Å². The standard InChI is InChI=1S/C28H34F2N2O3.2ClH/c1-28(2,31-17-24(33)18-35-26-8-6-5-7-25(26)34-4)19-32(3)27(20-9-13-22(29)14-10-20)21-11-15-23(30)16-12-21;;/h5-16,24,27,31,33H,17-19H2,1-4H3;2*1H. The zero-order valence-electron chi connectivity index (χ0n) is 21.5. The van der Waals surface area contributed by atoms with Crippen LogP contribution in [0.3, 0.4) is 0 Å². The van der Waals surface area contributed by atoms with Crippen LogP contribution >= 0.6 is 24.8 Å². The van der Waals surface area contributed by atoms with Gasteiger partial charge >= 0.3 is 0 Å². The molecule has 0 radical (unpaired) electrons. The quantitative estimate of drug-likeness (QED) is 0.302. The lowest BCUT2D eigenvalue weighted by Gasteiger charge is -2.37. The molecule has 0 aliphatic heterocycles. The van der Waals surface area contributed by atoms with Gasteiger partial charge in [-0.25, -0.2) is 8.78 Å². The second kappa shape index (κ2) is 15.1. The van der Waals surface area contributed by atoms with Gasteiger partial charge in [0.25, 0.3) is 0 Å². The first-order valence-electron chi connectivity index (χ1n) is 11.6. The number of rotatable bonds is 12. The first kappa shape index (κ1) is 32.6. The molecule has 1 unspecified atom stereocenters. The molecule has 1 atom stereocenters. The Balaban J connectivity index is 0.00000342. The van der Waals surface area contributed by atoms with E-state index in [1.54, 1.807) is 43.5 Å². The molecule has 2 N–H and O–H groups in total. The van der Waals surface area contributed by atoms with Crippen LogP contribution in [0.5, 0.6) is 11.5 Å². The Bertz CT molecular complexity index is 1020. The number of nitrogens with zero attached hydrogens (tertiary/aromatic N) is 1. The minimum atomic E-state index is -0.727. The predicted octanol–water partition coefficient (Wildman–Crippen LogP) is 5.65. The highest BCUT2D eigenvalue weighted by Gasteiger charge is 2.27. The van der Waals surface area contributed by atoms with Crippen LogP contribution in [0.4, 0.5) is 8.78 Å². The largest absolute Gasteiger partial charge is 0.493 e. The monoisotopic (exact) mass is 556 g/mol. The minimum Gasteiger partial charge on any atom is -0.493 e. The third-order valence-corrected chi connectivity index (χ3v) is 5.77. The molecule has 3 aromatic rings. The lowest BCUT2D eigenvalue weighted by Crippen LogP contribution is -2.51. The lowest BCUT2D eigenvalue weighted by atomic mass is 9.95. The molecule has 204 valence electrons. The van der Waals surface area contributed by atoms with Gasteiger partial charge in [0.05, 0.1) is 13.2 Å². The maximum absolute atomic E-state index is 13.6. The number of aliphatic hydroxyl groups excluding tert-OH is 1. The van der Waals surface area contributed by atoms with Gasteiger partial charge in [-0.05, 0) is 68.4 Å². The van der Waals surface area contributed by atoms with E-state index in [2.05, 4.69) is 10.2 Å². The fourth-order valence-electron chi connectivity index (χ4n) is 4.14. The Hall–Kier alpha value is -2.42. The number of hydrogen-bond acceptors (Lipinski definition) is 5. The molecule has 0 fully saturated rings. The van der Waals surface area contributed by atoms with Crippen molar-refractivity contribution in [2.75, 3.05) is 33.9 Å². The summed E-state index contributed by atoms with van der Waals surface area (Å²) in [5.74, 6) is 0.581. The predicted molar refractivity (Wildman–Crippen MR) is 148 cm³/mol. The molecule has 0 aliphatic rings. The van der Waals surface area contributed by atoms with Gasteiger partial charge in [-0.2, -0.15) is 0 Å². The molecule has 0 saturated carbocycles. The van der Waals surface area contributed by atoms with Gasteiger partial charge in [0, 0.05) is 18.6 Å². The number of halogens is 4. The summed E-state index contributed by atoms with van der Waals surface area (Å²) < 4.78 is 38.1. The van der Waals surface area contributed by atoms with Gasteiger partial charge < -0.3 is 19.9 Å². The normalized spacial score (nSPS) is 12.0. The van der Waals surface area contributed by atoms with Crippen LogP contribution in [-0.2, 0) is 0 Å². The average Bonchev–Trinajstić information content (AvgIpc) is 2.84. The van der Waals surface area contributed by atoms with E-state index in [0.29, 0.717) is 24.6 Å². The van der Waals surface area contributed by atoms with Crippen LogP contribution < -0.4 is 14.8 Å².